The average molecular weight is 260 g/mol. The van der Waals surface area contributed by atoms with Crippen LogP contribution in [0.15, 0.2) is 72.8 Å². The van der Waals surface area contributed by atoms with Crippen molar-refractivity contribution >= 4 is 16.6 Å². The zero-order valence-electron chi connectivity index (χ0n) is 11.4. The van der Waals surface area contributed by atoms with Crippen molar-refractivity contribution in [2.75, 3.05) is 0 Å². The number of rotatable bonds is 3. The Hall–Kier alpha value is -2.41. The highest BCUT2D eigenvalue weighted by molar-refractivity contribution is 6.01. The van der Waals surface area contributed by atoms with Gasteiger partial charge in [-0.25, -0.2) is 0 Å². The number of carbonyl (C=O) groups is 1. The van der Waals surface area contributed by atoms with E-state index in [0.717, 1.165) is 11.1 Å². The molecule has 1 nitrogen and oxygen atoms in total. The van der Waals surface area contributed by atoms with E-state index in [4.69, 9.17) is 0 Å². The lowest BCUT2D eigenvalue weighted by molar-refractivity contribution is 0.0966. The molecular weight excluding hydrogens is 244 g/mol. The van der Waals surface area contributed by atoms with E-state index in [0.29, 0.717) is 0 Å². The van der Waals surface area contributed by atoms with Crippen molar-refractivity contribution in [2.24, 2.45) is 0 Å². The van der Waals surface area contributed by atoms with Crippen LogP contribution in [-0.4, -0.2) is 5.78 Å². The summed E-state index contributed by atoms with van der Waals surface area (Å²) in [5.41, 5.74) is 1.84. The highest BCUT2D eigenvalue weighted by Crippen LogP contribution is 2.24. The van der Waals surface area contributed by atoms with E-state index in [-0.39, 0.29) is 11.7 Å². The first-order valence-electron chi connectivity index (χ1n) is 6.83. The smallest absolute Gasteiger partial charge is 0.170 e. The molecule has 0 aliphatic carbocycles. The maximum atomic E-state index is 12.5. The Morgan fingerprint density at radius 3 is 2.20 bits per heavy atom. The summed E-state index contributed by atoms with van der Waals surface area (Å²) >= 11 is 0. The number of hydrogen-bond acceptors (Lipinski definition) is 1. The van der Waals surface area contributed by atoms with Gasteiger partial charge in [-0.15, -0.1) is 0 Å². The van der Waals surface area contributed by atoms with E-state index in [1.165, 1.54) is 10.8 Å². The van der Waals surface area contributed by atoms with E-state index < -0.39 is 0 Å². The van der Waals surface area contributed by atoms with Gasteiger partial charge in [-0.05, 0) is 16.3 Å². The highest BCUT2D eigenvalue weighted by atomic mass is 16.1. The van der Waals surface area contributed by atoms with Crippen LogP contribution in [0.2, 0.25) is 0 Å². The Balaban J connectivity index is 1.96. The summed E-state index contributed by atoms with van der Waals surface area (Å²) in [4.78, 5) is 12.5. The third kappa shape index (κ3) is 2.35. The van der Waals surface area contributed by atoms with Crippen LogP contribution in [0.3, 0.4) is 0 Å². The molecule has 1 unspecified atom stereocenters. The molecule has 1 atom stereocenters. The number of carbonyl (C=O) groups excluding carboxylic acids is 1. The minimum atomic E-state index is -0.123. The molecule has 0 radical (unpaired) electrons. The summed E-state index contributed by atoms with van der Waals surface area (Å²) in [6.07, 6.45) is 0. The molecule has 3 rings (SSSR count). The third-order valence-corrected chi connectivity index (χ3v) is 3.73. The van der Waals surface area contributed by atoms with Gasteiger partial charge in [-0.1, -0.05) is 79.7 Å². The molecule has 0 aliphatic rings. The first-order valence-corrected chi connectivity index (χ1v) is 6.83. The fourth-order valence-electron chi connectivity index (χ4n) is 2.48. The van der Waals surface area contributed by atoms with Gasteiger partial charge in [0.2, 0.25) is 0 Å². The molecule has 1 heteroatoms. The zero-order valence-corrected chi connectivity index (χ0v) is 11.4. The van der Waals surface area contributed by atoms with E-state index >= 15 is 0 Å². The predicted octanol–water partition coefficient (Wildman–Crippen LogP) is 4.83. The van der Waals surface area contributed by atoms with Gasteiger partial charge >= 0.3 is 0 Å². The summed E-state index contributed by atoms with van der Waals surface area (Å²) in [7, 11) is 0. The van der Waals surface area contributed by atoms with Crippen LogP contribution in [-0.2, 0) is 0 Å². The minimum Gasteiger partial charge on any atom is -0.294 e. The van der Waals surface area contributed by atoms with E-state index in [1.807, 2.05) is 55.5 Å². The molecule has 3 aromatic rings. The van der Waals surface area contributed by atoms with Crippen LogP contribution in [0.4, 0.5) is 0 Å². The molecule has 20 heavy (non-hydrogen) atoms. The second-order valence-electron chi connectivity index (χ2n) is 5.06. The predicted molar refractivity (Wildman–Crippen MR) is 83.1 cm³/mol. The lowest BCUT2D eigenvalue weighted by Crippen LogP contribution is -2.09. The van der Waals surface area contributed by atoms with Crippen LogP contribution >= 0.6 is 0 Å². The number of fused-ring (bicyclic) bond motifs is 1. The standard InChI is InChI=1S/C19H16O/c1-14(19(20)16-8-3-2-4-9-16)17-12-11-15-7-5-6-10-18(15)13-17/h2-14H,1H3. The molecule has 0 aliphatic heterocycles. The first kappa shape index (κ1) is 12.6. The summed E-state index contributed by atoms with van der Waals surface area (Å²) in [5.74, 6) is 0.0443. The molecule has 0 fully saturated rings. The molecule has 0 spiro atoms. The Bertz CT molecular complexity index is 744. The van der Waals surface area contributed by atoms with Crippen LogP contribution < -0.4 is 0 Å². The SMILES string of the molecule is CC(C(=O)c1ccccc1)c1ccc2ccccc2c1. The quantitative estimate of drug-likeness (QED) is 0.617. The summed E-state index contributed by atoms with van der Waals surface area (Å²) in [5, 5.41) is 2.38. The van der Waals surface area contributed by atoms with Gasteiger partial charge in [0.15, 0.2) is 5.78 Å². The number of Topliss-reactive ketones (excluding diaryl/α,β-unsaturated/α-hetero) is 1. The van der Waals surface area contributed by atoms with Gasteiger partial charge in [-0.3, -0.25) is 4.79 Å². The highest BCUT2D eigenvalue weighted by Gasteiger charge is 2.16. The number of hydrogen-bond donors (Lipinski definition) is 0. The fraction of sp³-hybridized carbons (Fsp3) is 0.105. The summed E-state index contributed by atoms with van der Waals surface area (Å²) in [6.45, 7) is 1.97. The molecule has 0 heterocycles. The Kier molecular flexibility index (Phi) is 3.34. The maximum absolute atomic E-state index is 12.5. The van der Waals surface area contributed by atoms with Crippen LogP contribution in [0.1, 0.15) is 28.8 Å². The summed E-state index contributed by atoms with van der Waals surface area (Å²) in [6, 6.07) is 23.9. The largest absolute Gasteiger partial charge is 0.294 e. The van der Waals surface area contributed by atoms with E-state index in [2.05, 4.69) is 24.3 Å². The molecule has 3 aromatic carbocycles. The Morgan fingerprint density at radius 1 is 0.800 bits per heavy atom. The van der Waals surface area contributed by atoms with Crippen LogP contribution in [0.5, 0.6) is 0 Å². The monoisotopic (exact) mass is 260 g/mol. The molecule has 0 amide bonds. The molecular formula is C19H16O. The Morgan fingerprint density at radius 2 is 1.45 bits per heavy atom. The fourth-order valence-corrected chi connectivity index (χ4v) is 2.48. The van der Waals surface area contributed by atoms with Gasteiger partial charge in [0, 0.05) is 11.5 Å². The summed E-state index contributed by atoms with van der Waals surface area (Å²) < 4.78 is 0. The van der Waals surface area contributed by atoms with Crippen LogP contribution in [0.25, 0.3) is 10.8 Å². The van der Waals surface area contributed by atoms with Crippen molar-refractivity contribution in [1.29, 1.82) is 0 Å². The Labute approximate surface area is 118 Å². The van der Waals surface area contributed by atoms with Crippen molar-refractivity contribution in [3.05, 3.63) is 83.9 Å². The van der Waals surface area contributed by atoms with Gasteiger partial charge in [0.05, 0.1) is 0 Å². The van der Waals surface area contributed by atoms with Crippen molar-refractivity contribution in [3.8, 4) is 0 Å². The first-order chi connectivity index (χ1) is 9.75. The van der Waals surface area contributed by atoms with Crippen molar-refractivity contribution in [3.63, 3.8) is 0 Å². The third-order valence-electron chi connectivity index (χ3n) is 3.73. The average Bonchev–Trinajstić information content (AvgIpc) is 2.54. The van der Waals surface area contributed by atoms with Crippen LogP contribution in [0, 0.1) is 0 Å². The van der Waals surface area contributed by atoms with Gasteiger partial charge in [0.25, 0.3) is 0 Å². The topological polar surface area (TPSA) is 17.1 Å². The lowest BCUT2D eigenvalue weighted by Gasteiger charge is -2.12. The normalized spacial score (nSPS) is 12.2. The maximum Gasteiger partial charge on any atom is 0.170 e. The molecule has 0 saturated carbocycles. The van der Waals surface area contributed by atoms with Gasteiger partial charge in [0.1, 0.15) is 0 Å². The number of benzene rings is 3. The second kappa shape index (κ2) is 5.30. The minimum absolute atomic E-state index is 0.123. The van der Waals surface area contributed by atoms with Crippen molar-refractivity contribution < 1.29 is 4.79 Å². The van der Waals surface area contributed by atoms with E-state index in [1.54, 1.807) is 0 Å². The molecule has 98 valence electrons. The zero-order chi connectivity index (χ0) is 13.9. The van der Waals surface area contributed by atoms with Crippen molar-refractivity contribution in [1.82, 2.24) is 0 Å². The second-order valence-corrected chi connectivity index (χ2v) is 5.06. The lowest BCUT2D eigenvalue weighted by atomic mass is 9.91. The molecule has 0 N–H and O–H groups in total. The van der Waals surface area contributed by atoms with Gasteiger partial charge < -0.3 is 0 Å². The van der Waals surface area contributed by atoms with Gasteiger partial charge in [-0.2, -0.15) is 0 Å². The molecule has 0 bridgehead atoms. The molecule has 0 aromatic heterocycles. The van der Waals surface area contributed by atoms with E-state index in [9.17, 15) is 4.79 Å². The van der Waals surface area contributed by atoms with Crippen molar-refractivity contribution in [2.45, 2.75) is 12.8 Å². The molecule has 0 saturated heterocycles. The number of ketones is 1.